The van der Waals surface area contributed by atoms with Crippen LogP contribution >= 0.6 is 11.8 Å². The number of carboxylic acids is 1. The van der Waals surface area contributed by atoms with Crippen LogP contribution in [0.5, 0.6) is 0 Å². The summed E-state index contributed by atoms with van der Waals surface area (Å²) >= 11 is 1.14. The highest BCUT2D eigenvalue weighted by Gasteiger charge is 2.21. The van der Waals surface area contributed by atoms with E-state index in [1.54, 1.807) is 13.8 Å². The molecule has 2 atom stereocenters. The van der Waals surface area contributed by atoms with Crippen LogP contribution in [0.15, 0.2) is 18.2 Å². The molecule has 1 aromatic rings. The summed E-state index contributed by atoms with van der Waals surface area (Å²) in [7, 11) is 0. The van der Waals surface area contributed by atoms with Crippen molar-refractivity contribution in [2.24, 2.45) is 0 Å². The van der Waals surface area contributed by atoms with Gasteiger partial charge in [0.25, 0.3) is 0 Å². The number of nitrogens with one attached hydrogen (secondary N) is 1. The molecule has 0 heterocycles. The van der Waals surface area contributed by atoms with Crippen LogP contribution in [-0.2, 0) is 16.0 Å². The number of amides is 1. The van der Waals surface area contributed by atoms with E-state index in [0.717, 1.165) is 35.0 Å². The molecule has 1 amide bonds. The van der Waals surface area contributed by atoms with Gasteiger partial charge in [0.05, 0.1) is 5.25 Å². The maximum Gasteiger partial charge on any atom is 0.316 e. The predicted octanol–water partition coefficient (Wildman–Crippen LogP) is 3.09. The third-order valence-electron chi connectivity index (χ3n) is 3.11. The van der Waals surface area contributed by atoms with Gasteiger partial charge in [-0.1, -0.05) is 25.1 Å². The number of carboxylic acid groups (broad SMARTS) is 1. The maximum atomic E-state index is 12.2. The van der Waals surface area contributed by atoms with Crippen LogP contribution in [0.1, 0.15) is 31.9 Å². The van der Waals surface area contributed by atoms with E-state index in [9.17, 15) is 9.59 Å². The molecule has 0 bridgehead atoms. The Morgan fingerprint density at radius 1 is 1.30 bits per heavy atom. The first-order valence-electron chi connectivity index (χ1n) is 6.64. The second-order valence-electron chi connectivity index (χ2n) is 4.71. The van der Waals surface area contributed by atoms with Crippen molar-refractivity contribution in [1.82, 2.24) is 0 Å². The van der Waals surface area contributed by atoms with Gasteiger partial charge < -0.3 is 10.4 Å². The molecule has 0 radical (unpaired) electrons. The van der Waals surface area contributed by atoms with E-state index in [2.05, 4.69) is 5.32 Å². The highest BCUT2D eigenvalue weighted by atomic mass is 32.2. The number of carbonyl (C=O) groups is 2. The van der Waals surface area contributed by atoms with Crippen molar-refractivity contribution in [2.75, 3.05) is 5.32 Å². The van der Waals surface area contributed by atoms with Gasteiger partial charge in [0, 0.05) is 5.69 Å². The molecule has 110 valence electrons. The molecule has 1 rings (SSSR count). The molecule has 4 nitrogen and oxygen atoms in total. The first kappa shape index (κ1) is 16.6. The van der Waals surface area contributed by atoms with E-state index in [-0.39, 0.29) is 5.91 Å². The van der Waals surface area contributed by atoms with Gasteiger partial charge >= 0.3 is 5.97 Å². The van der Waals surface area contributed by atoms with Crippen molar-refractivity contribution >= 4 is 29.3 Å². The van der Waals surface area contributed by atoms with Gasteiger partial charge in [-0.05, 0) is 38.3 Å². The van der Waals surface area contributed by atoms with Gasteiger partial charge in [0.2, 0.25) is 5.91 Å². The summed E-state index contributed by atoms with van der Waals surface area (Å²) in [6.07, 6.45) is 0.838. The molecule has 5 heteroatoms. The fourth-order valence-corrected chi connectivity index (χ4v) is 2.76. The Balaban J connectivity index is 2.78. The van der Waals surface area contributed by atoms with Crippen molar-refractivity contribution in [1.29, 1.82) is 0 Å². The second-order valence-corrected chi connectivity index (χ2v) is 6.40. The van der Waals surface area contributed by atoms with E-state index in [4.69, 9.17) is 5.11 Å². The lowest BCUT2D eigenvalue weighted by Crippen LogP contribution is -2.27. The lowest BCUT2D eigenvalue weighted by molar-refractivity contribution is -0.136. The van der Waals surface area contributed by atoms with Gasteiger partial charge in [0.1, 0.15) is 5.25 Å². The zero-order chi connectivity index (χ0) is 15.3. The Morgan fingerprint density at radius 3 is 2.50 bits per heavy atom. The van der Waals surface area contributed by atoms with E-state index < -0.39 is 16.5 Å². The first-order chi connectivity index (χ1) is 9.36. The molecular formula is C15H21NO3S. The second kappa shape index (κ2) is 7.33. The Bertz CT molecular complexity index is 502. The molecule has 2 unspecified atom stereocenters. The number of rotatable bonds is 6. The highest BCUT2D eigenvalue weighted by molar-refractivity contribution is 8.01. The number of para-hydroxylation sites is 1. The summed E-state index contributed by atoms with van der Waals surface area (Å²) in [5, 5.41) is 10.8. The molecule has 0 aromatic heterocycles. The van der Waals surface area contributed by atoms with Crippen molar-refractivity contribution in [3.63, 3.8) is 0 Å². The average molecular weight is 295 g/mol. The monoisotopic (exact) mass is 295 g/mol. The lowest BCUT2D eigenvalue weighted by Gasteiger charge is -2.17. The molecule has 0 saturated carbocycles. The van der Waals surface area contributed by atoms with E-state index in [0.29, 0.717) is 0 Å². The van der Waals surface area contributed by atoms with Crippen LogP contribution in [-0.4, -0.2) is 27.5 Å². The molecule has 20 heavy (non-hydrogen) atoms. The molecule has 0 saturated heterocycles. The zero-order valence-electron chi connectivity index (χ0n) is 12.3. The summed E-state index contributed by atoms with van der Waals surface area (Å²) in [5.41, 5.74) is 2.94. The minimum atomic E-state index is -0.903. The fraction of sp³-hybridized carbons (Fsp3) is 0.467. The molecule has 2 N–H and O–H groups in total. The molecular weight excluding hydrogens is 274 g/mol. The number of thioether (sulfide) groups is 1. The average Bonchev–Trinajstić information content (AvgIpc) is 2.40. The summed E-state index contributed by atoms with van der Waals surface area (Å²) in [5.74, 6) is -1.06. The first-order valence-corrected chi connectivity index (χ1v) is 7.58. The zero-order valence-corrected chi connectivity index (χ0v) is 13.1. The van der Waals surface area contributed by atoms with Crippen molar-refractivity contribution in [3.8, 4) is 0 Å². The predicted molar refractivity (Wildman–Crippen MR) is 83.3 cm³/mol. The Morgan fingerprint density at radius 2 is 1.95 bits per heavy atom. The minimum Gasteiger partial charge on any atom is -0.480 e. The third kappa shape index (κ3) is 4.27. The smallest absolute Gasteiger partial charge is 0.316 e. The number of aryl methyl sites for hydroxylation is 2. The van der Waals surface area contributed by atoms with Gasteiger partial charge in [-0.25, -0.2) is 0 Å². The largest absolute Gasteiger partial charge is 0.480 e. The number of hydrogen-bond donors (Lipinski definition) is 2. The van der Waals surface area contributed by atoms with Crippen LogP contribution in [0, 0.1) is 6.92 Å². The summed E-state index contributed by atoms with van der Waals surface area (Å²) in [6, 6.07) is 5.90. The van der Waals surface area contributed by atoms with E-state index in [1.807, 2.05) is 32.0 Å². The fourth-order valence-electron chi connectivity index (χ4n) is 1.85. The summed E-state index contributed by atoms with van der Waals surface area (Å²) < 4.78 is 0. The summed E-state index contributed by atoms with van der Waals surface area (Å²) in [4.78, 5) is 23.0. The van der Waals surface area contributed by atoms with E-state index >= 15 is 0 Å². The Labute approximate surface area is 124 Å². The van der Waals surface area contributed by atoms with Gasteiger partial charge in [0.15, 0.2) is 0 Å². The number of benzene rings is 1. The Hall–Kier alpha value is -1.49. The van der Waals surface area contributed by atoms with Gasteiger partial charge in [-0.15, -0.1) is 11.8 Å². The van der Waals surface area contributed by atoms with Crippen LogP contribution in [0.4, 0.5) is 5.69 Å². The van der Waals surface area contributed by atoms with Crippen LogP contribution in [0.2, 0.25) is 0 Å². The summed E-state index contributed by atoms with van der Waals surface area (Å²) in [6.45, 7) is 7.30. The maximum absolute atomic E-state index is 12.2. The standard InChI is InChI=1S/C15H21NO3S/c1-5-12-8-6-7-9(2)13(12)16-14(17)10(3)20-11(4)15(18)19/h6-8,10-11H,5H2,1-4H3,(H,16,17)(H,18,19). The third-order valence-corrected chi connectivity index (χ3v) is 4.35. The van der Waals surface area contributed by atoms with Crippen LogP contribution in [0.25, 0.3) is 0 Å². The van der Waals surface area contributed by atoms with Crippen LogP contribution < -0.4 is 5.32 Å². The van der Waals surface area contributed by atoms with Crippen molar-refractivity contribution < 1.29 is 14.7 Å². The minimum absolute atomic E-state index is 0.160. The molecule has 0 aliphatic heterocycles. The van der Waals surface area contributed by atoms with E-state index in [1.165, 1.54) is 0 Å². The van der Waals surface area contributed by atoms with Crippen molar-refractivity contribution in [3.05, 3.63) is 29.3 Å². The van der Waals surface area contributed by atoms with Crippen molar-refractivity contribution in [2.45, 2.75) is 44.6 Å². The topological polar surface area (TPSA) is 66.4 Å². The number of carbonyl (C=O) groups excluding carboxylic acids is 1. The van der Waals surface area contributed by atoms with Gasteiger partial charge in [-0.2, -0.15) is 0 Å². The lowest BCUT2D eigenvalue weighted by atomic mass is 10.1. The quantitative estimate of drug-likeness (QED) is 0.846. The molecule has 1 aromatic carbocycles. The SMILES string of the molecule is CCc1cccc(C)c1NC(=O)C(C)SC(C)C(=O)O. The molecule has 0 aliphatic carbocycles. The number of anilines is 1. The Kier molecular flexibility index (Phi) is 6.07. The molecule has 0 fully saturated rings. The van der Waals surface area contributed by atoms with Gasteiger partial charge in [-0.3, -0.25) is 9.59 Å². The molecule has 0 aliphatic rings. The van der Waals surface area contributed by atoms with Crippen LogP contribution in [0.3, 0.4) is 0 Å². The molecule has 0 spiro atoms. The normalized spacial score (nSPS) is 13.6. The number of hydrogen-bond acceptors (Lipinski definition) is 3. The highest BCUT2D eigenvalue weighted by Crippen LogP contribution is 2.24. The number of aliphatic carboxylic acids is 1.